The number of nitrogens with zero attached hydrogens (tertiary/aromatic N) is 3. The molecule has 0 unspecified atom stereocenters. The summed E-state index contributed by atoms with van der Waals surface area (Å²) in [6, 6.07) is 11.0. The molecule has 2 aromatic heterocycles. The van der Waals surface area contributed by atoms with Gasteiger partial charge in [-0.2, -0.15) is 4.98 Å². The number of halogens is 1. The molecule has 0 spiro atoms. The average molecular weight is 427 g/mol. The van der Waals surface area contributed by atoms with Crippen LogP contribution in [-0.2, 0) is 17.8 Å². The number of aromatic nitrogens is 3. The zero-order valence-electron chi connectivity index (χ0n) is 16.5. The minimum Gasteiger partial charge on any atom is -0.477 e. The van der Waals surface area contributed by atoms with E-state index in [1.807, 2.05) is 24.3 Å². The van der Waals surface area contributed by atoms with Crippen molar-refractivity contribution in [2.45, 2.75) is 38.6 Å². The first-order valence-electron chi connectivity index (χ1n) is 10.1. The molecule has 1 aliphatic rings. The fraction of sp³-hybridized carbons (Fsp3) is 0.364. The maximum absolute atomic E-state index is 12.1. The summed E-state index contributed by atoms with van der Waals surface area (Å²) in [5.41, 5.74) is 1.77. The van der Waals surface area contributed by atoms with Crippen LogP contribution in [0.4, 0.5) is 0 Å². The molecular formula is C22H23ClN4O3. The molecule has 0 saturated heterocycles. The van der Waals surface area contributed by atoms with Gasteiger partial charge in [0.15, 0.2) is 0 Å². The van der Waals surface area contributed by atoms with Gasteiger partial charge in [0.2, 0.25) is 23.5 Å². The number of aryl methyl sites for hydroxylation is 1. The standard InChI is InChI=1S/C22H23ClN4O3/c23-18-9-7-17(8-10-18)22-26-21(30-27-22)3-1-2-19(28)24-12-16-6-11-20(25-13-16)29-14-15-4-5-15/h6-11,13,15H,1-5,12,14H2,(H,24,28). The molecule has 1 amide bonds. The van der Waals surface area contributed by atoms with E-state index in [0.29, 0.717) is 54.3 Å². The lowest BCUT2D eigenvalue weighted by Crippen LogP contribution is -2.22. The van der Waals surface area contributed by atoms with Crippen molar-refractivity contribution in [3.05, 3.63) is 59.1 Å². The third-order valence-electron chi connectivity index (χ3n) is 4.82. The van der Waals surface area contributed by atoms with Gasteiger partial charge < -0.3 is 14.6 Å². The van der Waals surface area contributed by atoms with Gasteiger partial charge in [0.25, 0.3) is 0 Å². The van der Waals surface area contributed by atoms with Gasteiger partial charge >= 0.3 is 0 Å². The van der Waals surface area contributed by atoms with E-state index in [0.717, 1.165) is 17.7 Å². The minimum absolute atomic E-state index is 0.0264. The Morgan fingerprint density at radius 1 is 1.20 bits per heavy atom. The fourth-order valence-corrected chi connectivity index (χ4v) is 2.98. The quantitative estimate of drug-likeness (QED) is 0.522. The van der Waals surface area contributed by atoms with Crippen LogP contribution in [0.1, 0.15) is 37.1 Å². The molecule has 3 aromatic rings. The summed E-state index contributed by atoms with van der Waals surface area (Å²) < 4.78 is 10.9. The smallest absolute Gasteiger partial charge is 0.226 e. The van der Waals surface area contributed by atoms with Crippen LogP contribution >= 0.6 is 11.6 Å². The summed E-state index contributed by atoms with van der Waals surface area (Å²) in [7, 11) is 0. The third kappa shape index (κ3) is 6.03. The van der Waals surface area contributed by atoms with Gasteiger partial charge in [0.05, 0.1) is 6.61 Å². The van der Waals surface area contributed by atoms with E-state index in [2.05, 4.69) is 20.4 Å². The molecule has 156 valence electrons. The second-order valence-electron chi connectivity index (χ2n) is 7.41. The molecule has 1 aliphatic carbocycles. The van der Waals surface area contributed by atoms with Gasteiger partial charge in [0.1, 0.15) is 0 Å². The molecule has 2 heterocycles. The first-order chi connectivity index (χ1) is 14.7. The maximum atomic E-state index is 12.1. The van der Waals surface area contributed by atoms with E-state index in [-0.39, 0.29) is 5.91 Å². The number of carbonyl (C=O) groups is 1. The van der Waals surface area contributed by atoms with Gasteiger partial charge in [-0.1, -0.05) is 22.8 Å². The van der Waals surface area contributed by atoms with Crippen molar-refractivity contribution in [2.75, 3.05) is 6.61 Å². The zero-order chi connectivity index (χ0) is 20.8. The highest BCUT2D eigenvalue weighted by Crippen LogP contribution is 2.29. The predicted molar refractivity (Wildman–Crippen MR) is 112 cm³/mol. The van der Waals surface area contributed by atoms with E-state index < -0.39 is 0 Å². The van der Waals surface area contributed by atoms with Crippen molar-refractivity contribution in [3.63, 3.8) is 0 Å². The molecular weight excluding hydrogens is 404 g/mol. The van der Waals surface area contributed by atoms with Crippen LogP contribution in [0.3, 0.4) is 0 Å². The summed E-state index contributed by atoms with van der Waals surface area (Å²) in [6.45, 7) is 1.18. The van der Waals surface area contributed by atoms with Crippen molar-refractivity contribution in [1.29, 1.82) is 0 Å². The fourth-order valence-electron chi connectivity index (χ4n) is 2.85. The van der Waals surface area contributed by atoms with Gasteiger partial charge in [-0.3, -0.25) is 4.79 Å². The second kappa shape index (κ2) is 9.71. The summed E-state index contributed by atoms with van der Waals surface area (Å²) in [5, 5.41) is 7.53. The monoisotopic (exact) mass is 426 g/mol. The maximum Gasteiger partial charge on any atom is 0.226 e. The number of benzene rings is 1. The number of ether oxygens (including phenoxy) is 1. The Morgan fingerprint density at radius 3 is 2.77 bits per heavy atom. The number of carbonyl (C=O) groups excluding carboxylic acids is 1. The number of hydrogen-bond donors (Lipinski definition) is 1. The first-order valence-corrected chi connectivity index (χ1v) is 10.5. The van der Waals surface area contributed by atoms with Crippen LogP contribution in [0.2, 0.25) is 5.02 Å². The normalized spacial score (nSPS) is 13.2. The minimum atomic E-state index is -0.0264. The number of hydrogen-bond acceptors (Lipinski definition) is 6. The van der Waals surface area contributed by atoms with Crippen LogP contribution < -0.4 is 10.1 Å². The Kier molecular flexibility index (Phi) is 6.59. The highest BCUT2D eigenvalue weighted by atomic mass is 35.5. The topological polar surface area (TPSA) is 90.1 Å². The molecule has 30 heavy (non-hydrogen) atoms. The van der Waals surface area contributed by atoms with E-state index in [9.17, 15) is 4.79 Å². The van der Waals surface area contributed by atoms with Gasteiger partial charge in [-0.15, -0.1) is 0 Å². The first kappa shape index (κ1) is 20.3. The number of rotatable bonds is 10. The van der Waals surface area contributed by atoms with Crippen molar-refractivity contribution >= 4 is 17.5 Å². The zero-order valence-corrected chi connectivity index (χ0v) is 17.3. The summed E-state index contributed by atoms with van der Waals surface area (Å²) >= 11 is 5.89. The molecule has 1 saturated carbocycles. The lowest BCUT2D eigenvalue weighted by Gasteiger charge is -2.07. The summed E-state index contributed by atoms with van der Waals surface area (Å²) in [4.78, 5) is 20.7. The molecule has 0 bridgehead atoms. The van der Waals surface area contributed by atoms with E-state index in [1.165, 1.54) is 12.8 Å². The molecule has 1 aromatic carbocycles. The van der Waals surface area contributed by atoms with E-state index >= 15 is 0 Å². The Bertz CT molecular complexity index is 969. The van der Waals surface area contributed by atoms with Gasteiger partial charge in [-0.25, -0.2) is 4.98 Å². The van der Waals surface area contributed by atoms with E-state index in [4.69, 9.17) is 20.9 Å². The average Bonchev–Trinajstić information content (AvgIpc) is 3.48. The highest BCUT2D eigenvalue weighted by Gasteiger charge is 2.22. The molecule has 0 aliphatic heterocycles. The van der Waals surface area contributed by atoms with Gasteiger partial charge in [0, 0.05) is 42.2 Å². The molecule has 8 heteroatoms. The molecule has 0 atom stereocenters. The molecule has 4 rings (SSSR count). The van der Waals surface area contributed by atoms with Crippen molar-refractivity contribution < 1.29 is 14.1 Å². The largest absolute Gasteiger partial charge is 0.477 e. The van der Waals surface area contributed by atoms with E-state index in [1.54, 1.807) is 18.3 Å². The van der Waals surface area contributed by atoms with Crippen LogP contribution in [0, 0.1) is 5.92 Å². The molecule has 1 fully saturated rings. The lowest BCUT2D eigenvalue weighted by molar-refractivity contribution is -0.121. The predicted octanol–water partition coefficient (Wildman–Crippen LogP) is 4.21. The van der Waals surface area contributed by atoms with Gasteiger partial charge in [-0.05, 0) is 55.0 Å². The van der Waals surface area contributed by atoms with Crippen LogP contribution in [0.5, 0.6) is 5.88 Å². The van der Waals surface area contributed by atoms with Crippen molar-refractivity contribution in [3.8, 4) is 17.3 Å². The molecule has 0 radical (unpaired) electrons. The Hall–Kier alpha value is -2.93. The Balaban J connectivity index is 1.16. The van der Waals surface area contributed by atoms with Crippen LogP contribution in [0.15, 0.2) is 47.1 Å². The lowest BCUT2D eigenvalue weighted by atomic mass is 10.2. The second-order valence-corrected chi connectivity index (χ2v) is 7.84. The summed E-state index contributed by atoms with van der Waals surface area (Å²) in [6.07, 6.45) is 5.79. The number of nitrogens with one attached hydrogen (secondary N) is 1. The van der Waals surface area contributed by atoms with Crippen LogP contribution in [-0.4, -0.2) is 27.6 Å². The van der Waals surface area contributed by atoms with Crippen molar-refractivity contribution in [2.24, 2.45) is 5.92 Å². The van der Waals surface area contributed by atoms with Crippen molar-refractivity contribution in [1.82, 2.24) is 20.4 Å². The SMILES string of the molecule is O=C(CCCc1nc(-c2ccc(Cl)cc2)no1)NCc1ccc(OCC2CC2)nc1. The highest BCUT2D eigenvalue weighted by molar-refractivity contribution is 6.30. The number of amides is 1. The summed E-state index contributed by atoms with van der Waals surface area (Å²) in [5.74, 6) is 2.33. The van der Waals surface area contributed by atoms with Crippen LogP contribution in [0.25, 0.3) is 11.4 Å². The number of pyridine rings is 1. The third-order valence-corrected chi connectivity index (χ3v) is 5.07. The Morgan fingerprint density at radius 2 is 2.03 bits per heavy atom. The molecule has 7 nitrogen and oxygen atoms in total. The Labute approximate surface area is 179 Å². The molecule has 1 N–H and O–H groups in total.